The van der Waals surface area contributed by atoms with Crippen LogP contribution >= 0.6 is 0 Å². The van der Waals surface area contributed by atoms with E-state index in [0.717, 1.165) is 5.82 Å². The lowest BCUT2D eigenvalue weighted by Crippen LogP contribution is -2.33. The predicted octanol–water partition coefficient (Wildman–Crippen LogP) is -0.208. The number of hydrogen-bond acceptors (Lipinski definition) is 4. The number of hydrogen-bond donors (Lipinski definition) is 1. The van der Waals surface area contributed by atoms with Gasteiger partial charge in [0.2, 0.25) is 10.0 Å². The van der Waals surface area contributed by atoms with Gasteiger partial charge in [0.1, 0.15) is 12.4 Å². The molecule has 0 aromatic carbocycles. The highest BCUT2D eigenvalue weighted by molar-refractivity contribution is 7.88. The molecule has 0 unspecified atom stereocenters. The largest absolute Gasteiger partial charge is 0.411 e. The van der Waals surface area contributed by atoms with Gasteiger partial charge in [-0.05, 0) is 6.42 Å². The Kier molecular flexibility index (Phi) is 5.49. The number of rotatable bonds is 7. The third-order valence-corrected chi connectivity index (χ3v) is 4.31. The smallest absolute Gasteiger partial charge is 0.303 e. The van der Waals surface area contributed by atoms with E-state index in [4.69, 9.17) is 5.21 Å². The fourth-order valence-electron chi connectivity index (χ4n) is 1.92. The molecule has 1 heterocycles. The van der Waals surface area contributed by atoms with Crippen LogP contribution in [0.3, 0.4) is 0 Å². The second-order valence-electron chi connectivity index (χ2n) is 4.31. The molecule has 1 aromatic rings. The lowest BCUT2D eigenvalue weighted by atomic mass is 10.4. The number of aryl methyl sites for hydroxylation is 2. The van der Waals surface area contributed by atoms with E-state index in [2.05, 4.69) is 5.16 Å². The van der Waals surface area contributed by atoms with Crippen LogP contribution in [0, 0.1) is 0 Å². The number of aromatic nitrogens is 2. The minimum Gasteiger partial charge on any atom is -0.411 e. The average Bonchev–Trinajstić information content (AvgIpc) is 2.66. The van der Waals surface area contributed by atoms with Gasteiger partial charge in [0.25, 0.3) is 0 Å². The van der Waals surface area contributed by atoms with Crippen molar-refractivity contribution in [1.29, 1.82) is 0 Å². The van der Waals surface area contributed by atoms with Gasteiger partial charge in [-0.1, -0.05) is 12.1 Å². The molecule has 0 aliphatic rings. The third-order valence-electron chi connectivity index (χ3n) is 2.93. The molecule has 7 nitrogen and oxygen atoms in total. The van der Waals surface area contributed by atoms with Crippen LogP contribution < -0.4 is 4.57 Å². The first kappa shape index (κ1) is 15.6. The third kappa shape index (κ3) is 4.32. The Labute approximate surface area is 113 Å². The molecule has 19 heavy (non-hydrogen) atoms. The quantitative estimate of drug-likeness (QED) is 0.326. The number of imidazole rings is 1. The maximum absolute atomic E-state index is 11.4. The number of sulfonamides is 1. The van der Waals surface area contributed by atoms with Gasteiger partial charge in [-0.2, -0.15) is 0 Å². The Morgan fingerprint density at radius 1 is 1.58 bits per heavy atom. The highest BCUT2D eigenvalue weighted by Crippen LogP contribution is 2.02. The Hall–Kier alpha value is -1.41. The first-order valence-corrected chi connectivity index (χ1v) is 7.92. The Morgan fingerprint density at radius 3 is 2.79 bits per heavy atom. The van der Waals surface area contributed by atoms with Crippen molar-refractivity contribution in [3.8, 4) is 0 Å². The molecule has 8 heteroatoms. The molecule has 0 radical (unpaired) electrons. The summed E-state index contributed by atoms with van der Waals surface area (Å²) in [6.45, 7) is 3.44. The van der Waals surface area contributed by atoms with Crippen LogP contribution in [0.4, 0.5) is 0 Å². The van der Waals surface area contributed by atoms with Crippen LogP contribution in [0.1, 0.15) is 19.2 Å². The van der Waals surface area contributed by atoms with E-state index in [9.17, 15) is 8.42 Å². The van der Waals surface area contributed by atoms with Gasteiger partial charge in [0.05, 0.1) is 19.8 Å². The molecule has 1 rings (SSSR count). The van der Waals surface area contributed by atoms with Crippen molar-refractivity contribution < 1.29 is 18.2 Å². The molecule has 0 saturated heterocycles. The van der Waals surface area contributed by atoms with Crippen LogP contribution in [0.15, 0.2) is 17.5 Å². The van der Waals surface area contributed by atoms with E-state index in [0.29, 0.717) is 26.1 Å². The fraction of sp³-hybridized carbons (Fsp3) is 0.636. The zero-order chi connectivity index (χ0) is 14.5. The zero-order valence-corrected chi connectivity index (χ0v) is 12.3. The normalized spacial score (nSPS) is 12.6. The minimum absolute atomic E-state index is 0.475. The molecule has 1 aromatic heterocycles. The van der Waals surface area contributed by atoms with Crippen molar-refractivity contribution in [3.63, 3.8) is 0 Å². The van der Waals surface area contributed by atoms with E-state index >= 15 is 0 Å². The summed E-state index contributed by atoms with van der Waals surface area (Å²) in [4.78, 5) is 0. The molecule has 0 bridgehead atoms. The molecular weight excluding hydrogens is 268 g/mol. The zero-order valence-electron chi connectivity index (χ0n) is 11.5. The van der Waals surface area contributed by atoms with E-state index in [1.165, 1.54) is 16.8 Å². The summed E-state index contributed by atoms with van der Waals surface area (Å²) in [5.41, 5.74) is 0. The molecule has 0 saturated carbocycles. The lowest BCUT2D eigenvalue weighted by molar-refractivity contribution is -0.671. The van der Waals surface area contributed by atoms with Crippen molar-refractivity contribution in [1.82, 2.24) is 8.87 Å². The second-order valence-corrected chi connectivity index (χ2v) is 6.30. The van der Waals surface area contributed by atoms with Gasteiger partial charge in [-0.25, -0.2) is 21.9 Å². The second kappa shape index (κ2) is 6.67. The summed E-state index contributed by atoms with van der Waals surface area (Å²) in [6, 6.07) is 0. The molecule has 1 N–H and O–H groups in total. The first-order chi connectivity index (χ1) is 8.90. The molecule has 108 valence electrons. The fourth-order valence-corrected chi connectivity index (χ4v) is 2.85. The lowest BCUT2D eigenvalue weighted by Gasteiger charge is -2.16. The Bertz CT molecular complexity index is 536. The predicted molar refractivity (Wildman–Crippen MR) is 71.7 cm³/mol. The number of oxime groups is 1. The van der Waals surface area contributed by atoms with E-state index in [1.54, 1.807) is 0 Å². The van der Waals surface area contributed by atoms with Crippen LogP contribution in [0.25, 0.3) is 0 Å². The van der Waals surface area contributed by atoms with Crippen LogP contribution in [0.5, 0.6) is 0 Å². The summed E-state index contributed by atoms with van der Waals surface area (Å²) in [5.74, 6) is 0.755. The summed E-state index contributed by atoms with van der Waals surface area (Å²) < 4.78 is 28.1. The van der Waals surface area contributed by atoms with Gasteiger partial charge >= 0.3 is 5.82 Å². The highest BCUT2D eigenvalue weighted by Gasteiger charge is 2.16. The summed E-state index contributed by atoms with van der Waals surface area (Å²) in [6.07, 6.45) is 6.99. The van der Waals surface area contributed by atoms with Crippen LogP contribution in [0.2, 0.25) is 0 Å². The van der Waals surface area contributed by atoms with Gasteiger partial charge in [0, 0.05) is 13.1 Å². The molecule has 0 spiro atoms. The molecule has 0 fully saturated rings. The SMILES string of the molecule is CCN(CCCn1cc[n+](C)c1/C=N/O)S(C)(=O)=O. The molecule has 0 aliphatic heterocycles. The van der Waals surface area contributed by atoms with Crippen LogP contribution in [-0.4, -0.2) is 48.1 Å². The summed E-state index contributed by atoms with van der Waals surface area (Å²) in [7, 11) is -1.28. The van der Waals surface area contributed by atoms with Crippen molar-refractivity contribution in [3.05, 3.63) is 18.2 Å². The highest BCUT2D eigenvalue weighted by atomic mass is 32.2. The van der Waals surface area contributed by atoms with Gasteiger partial charge in [-0.15, -0.1) is 0 Å². The van der Waals surface area contributed by atoms with E-state index in [1.807, 2.05) is 35.5 Å². The molecule has 0 atom stereocenters. The van der Waals surface area contributed by atoms with Crippen molar-refractivity contribution >= 4 is 16.2 Å². The standard InChI is InChI=1S/C11H20N4O3S/c1-4-15(19(3,17)18)7-5-6-14-9-8-13(2)11(14)10-12-16/h8-10H,4-7H2,1-3H3/p+1. The molecule has 0 amide bonds. The Morgan fingerprint density at radius 2 is 2.26 bits per heavy atom. The topological polar surface area (TPSA) is 78.8 Å². The van der Waals surface area contributed by atoms with Gasteiger partial charge in [-0.3, -0.25) is 0 Å². The minimum atomic E-state index is -3.13. The van der Waals surface area contributed by atoms with E-state index in [-0.39, 0.29) is 0 Å². The summed E-state index contributed by atoms with van der Waals surface area (Å²) in [5, 5.41) is 11.6. The average molecular weight is 289 g/mol. The maximum Gasteiger partial charge on any atom is 0.303 e. The van der Waals surface area contributed by atoms with Crippen molar-refractivity contribution in [2.45, 2.75) is 19.9 Å². The van der Waals surface area contributed by atoms with Crippen molar-refractivity contribution in [2.75, 3.05) is 19.3 Å². The maximum atomic E-state index is 11.4. The van der Waals surface area contributed by atoms with Gasteiger partial charge < -0.3 is 5.21 Å². The van der Waals surface area contributed by atoms with Gasteiger partial charge in [0.15, 0.2) is 6.21 Å². The van der Waals surface area contributed by atoms with E-state index < -0.39 is 10.0 Å². The Balaban J connectivity index is 2.63. The molecule has 0 aliphatic carbocycles. The molecular formula is C11H21N4O3S+. The first-order valence-electron chi connectivity index (χ1n) is 6.07. The summed E-state index contributed by atoms with van der Waals surface area (Å²) >= 11 is 0. The van der Waals surface area contributed by atoms with Crippen molar-refractivity contribution in [2.24, 2.45) is 12.2 Å². The van der Waals surface area contributed by atoms with Crippen LogP contribution in [-0.2, 0) is 23.6 Å². The monoisotopic (exact) mass is 289 g/mol. The number of nitrogens with zero attached hydrogens (tertiary/aromatic N) is 4.